The molecule has 0 aromatic heterocycles. The van der Waals surface area contributed by atoms with Gasteiger partial charge >= 0.3 is 0 Å². The van der Waals surface area contributed by atoms with Gasteiger partial charge in [-0.1, -0.05) is 13.0 Å². The summed E-state index contributed by atoms with van der Waals surface area (Å²) in [5.41, 5.74) is -1.75. The van der Waals surface area contributed by atoms with E-state index < -0.39 is 27.0 Å². The third-order valence-electron chi connectivity index (χ3n) is 2.62. The van der Waals surface area contributed by atoms with Crippen molar-refractivity contribution in [2.24, 2.45) is 0 Å². The van der Waals surface area contributed by atoms with E-state index >= 15 is 0 Å². The van der Waals surface area contributed by atoms with E-state index in [0.717, 1.165) is 10.4 Å². The van der Waals surface area contributed by atoms with E-state index in [1.165, 1.54) is 26.0 Å². The van der Waals surface area contributed by atoms with E-state index in [4.69, 9.17) is 5.26 Å². The summed E-state index contributed by atoms with van der Waals surface area (Å²) < 4.78 is 39.5. The molecule has 1 rings (SSSR count). The Labute approximate surface area is 118 Å². The lowest BCUT2D eigenvalue weighted by Crippen LogP contribution is -2.42. The molecule has 0 spiro atoms. The van der Waals surface area contributed by atoms with Gasteiger partial charge in [-0.15, -0.1) is 0 Å². The maximum atomic E-state index is 13.5. The lowest BCUT2D eigenvalue weighted by molar-refractivity contribution is 0.0601. The highest BCUT2D eigenvalue weighted by Crippen LogP contribution is 2.23. The zero-order valence-corrected chi connectivity index (χ0v) is 12.4. The van der Waals surface area contributed by atoms with Crippen LogP contribution < -0.4 is 0 Å². The van der Waals surface area contributed by atoms with Gasteiger partial charge in [0.1, 0.15) is 22.3 Å². The van der Waals surface area contributed by atoms with Crippen molar-refractivity contribution in [3.05, 3.63) is 29.6 Å². The van der Waals surface area contributed by atoms with Gasteiger partial charge in [0, 0.05) is 13.1 Å². The number of nitrogens with zero attached hydrogens (tertiary/aromatic N) is 2. The van der Waals surface area contributed by atoms with Crippen LogP contribution in [0.1, 0.15) is 26.3 Å². The quantitative estimate of drug-likeness (QED) is 0.893. The third-order valence-corrected chi connectivity index (χ3v) is 4.58. The van der Waals surface area contributed by atoms with Crippen LogP contribution in [0.3, 0.4) is 0 Å². The Morgan fingerprint density at radius 2 is 2.05 bits per heavy atom. The normalized spacial score (nSPS) is 12.4. The van der Waals surface area contributed by atoms with E-state index in [9.17, 15) is 17.9 Å². The summed E-state index contributed by atoms with van der Waals surface area (Å²) in [5.74, 6) is -0.882. The number of hydrogen-bond acceptors (Lipinski definition) is 4. The lowest BCUT2D eigenvalue weighted by atomic mass is 10.1. The first-order chi connectivity index (χ1) is 9.13. The minimum atomic E-state index is -4.04. The number of aliphatic hydroxyl groups is 1. The van der Waals surface area contributed by atoms with Gasteiger partial charge in [-0.05, 0) is 26.0 Å². The Balaban J connectivity index is 3.36. The lowest BCUT2D eigenvalue weighted by Gasteiger charge is -2.27. The van der Waals surface area contributed by atoms with Crippen molar-refractivity contribution >= 4 is 10.0 Å². The predicted octanol–water partition coefficient (Wildman–Crippen LogP) is 1.48. The molecule has 1 N–H and O–H groups in total. The maximum absolute atomic E-state index is 13.5. The summed E-state index contributed by atoms with van der Waals surface area (Å²) in [7, 11) is -4.04. The van der Waals surface area contributed by atoms with Gasteiger partial charge in [0.2, 0.25) is 10.0 Å². The smallest absolute Gasteiger partial charge is 0.244 e. The molecule has 0 heterocycles. The first-order valence-electron chi connectivity index (χ1n) is 6.04. The van der Waals surface area contributed by atoms with E-state index in [2.05, 4.69) is 0 Å². The zero-order chi connectivity index (χ0) is 15.6. The Bertz CT molecular complexity index is 630. The van der Waals surface area contributed by atoms with Crippen LogP contribution in [0.4, 0.5) is 4.39 Å². The molecule has 0 atom stereocenters. The van der Waals surface area contributed by atoms with Crippen LogP contribution in [0, 0.1) is 17.1 Å². The second-order valence-corrected chi connectivity index (χ2v) is 6.87. The Kier molecular flexibility index (Phi) is 4.86. The van der Waals surface area contributed by atoms with Gasteiger partial charge in [-0.25, -0.2) is 12.8 Å². The molecule has 0 radical (unpaired) electrons. The Morgan fingerprint density at radius 1 is 1.45 bits per heavy atom. The first-order valence-corrected chi connectivity index (χ1v) is 7.48. The van der Waals surface area contributed by atoms with Crippen LogP contribution in [-0.4, -0.2) is 36.5 Å². The number of likely N-dealkylation sites (N-methyl/N-ethyl adjacent to an activating group) is 1. The molecule has 0 saturated carbocycles. The molecular weight excluding hydrogens is 283 g/mol. The van der Waals surface area contributed by atoms with Crippen LogP contribution in [0.25, 0.3) is 0 Å². The highest BCUT2D eigenvalue weighted by molar-refractivity contribution is 7.89. The summed E-state index contributed by atoms with van der Waals surface area (Å²) in [6.45, 7) is 4.51. The number of rotatable bonds is 5. The Hall–Kier alpha value is -1.49. The van der Waals surface area contributed by atoms with Gasteiger partial charge in [0.05, 0.1) is 5.60 Å². The monoisotopic (exact) mass is 300 g/mol. The van der Waals surface area contributed by atoms with Crippen LogP contribution in [-0.2, 0) is 10.0 Å². The van der Waals surface area contributed by atoms with E-state index in [0.29, 0.717) is 0 Å². The van der Waals surface area contributed by atoms with Crippen LogP contribution >= 0.6 is 0 Å². The predicted molar refractivity (Wildman–Crippen MR) is 71.8 cm³/mol. The van der Waals surface area contributed by atoms with Crippen LogP contribution in [0.15, 0.2) is 23.1 Å². The van der Waals surface area contributed by atoms with Crippen molar-refractivity contribution < 1.29 is 17.9 Å². The minimum absolute atomic E-state index is 0.105. The topological polar surface area (TPSA) is 81.4 Å². The summed E-state index contributed by atoms with van der Waals surface area (Å²) in [4.78, 5) is -0.383. The fourth-order valence-corrected chi connectivity index (χ4v) is 3.52. The zero-order valence-electron chi connectivity index (χ0n) is 11.6. The van der Waals surface area contributed by atoms with Gasteiger partial charge in [0.25, 0.3) is 0 Å². The summed E-state index contributed by atoms with van der Waals surface area (Å²) >= 11 is 0. The number of hydrogen-bond donors (Lipinski definition) is 1. The van der Waals surface area contributed by atoms with Crippen molar-refractivity contribution in [1.82, 2.24) is 4.31 Å². The summed E-state index contributed by atoms with van der Waals surface area (Å²) in [5, 5.41) is 18.7. The minimum Gasteiger partial charge on any atom is -0.389 e. The van der Waals surface area contributed by atoms with Crippen molar-refractivity contribution in [2.45, 2.75) is 31.3 Å². The fourth-order valence-electron chi connectivity index (χ4n) is 1.77. The second kappa shape index (κ2) is 5.87. The number of nitriles is 1. The van der Waals surface area contributed by atoms with Crippen molar-refractivity contribution in [1.29, 1.82) is 5.26 Å². The molecule has 0 aliphatic heterocycles. The first kappa shape index (κ1) is 16.6. The average molecular weight is 300 g/mol. The van der Waals surface area contributed by atoms with E-state index in [1.54, 1.807) is 13.0 Å². The number of sulfonamides is 1. The molecule has 0 amide bonds. The molecule has 20 heavy (non-hydrogen) atoms. The Morgan fingerprint density at radius 3 is 2.50 bits per heavy atom. The molecule has 0 fully saturated rings. The van der Waals surface area contributed by atoms with E-state index in [1.807, 2.05) is 0 Å². The van der Waals surface area contributed by atoms with Gasteiger partial charge < -0.3 is 5.11 Å². The molecule has 0 bridgehead atoms. The van der Waals surface area contributed by atoms with Gasteiger partial charge in [-0.3, -0.25) is 0 Å². The van der Waals surface area contributed by atoms with Gasteiger partial charge in [-0.2, -0.15) is 9.57 Å². The van der Waals surface area contributed by atoms with Crippen LogP contribution in [0.5, 0.6) is 0 Å². The SMILES string of the molecule is CCN(CC(C)(C)O)S(=O)(=O)c1cccc(F)c1C#N. The number of halogens is 1. The maximum Gasteiger partial charge on any atom is 0.244 e. The molecule has 0 saturated heterocycles. The average Bonchev–Trinajstić information content (AvgIpc) is 2.34. The molecule has 0 aliphatic carbocycles. The largest absolute Gasteiger partial charge is 0.389 e. The van der Waals surface area contributed by atoms with Crippen molar-refractivity contribution in [3.8, 4) is 6.07 Å². The molecule has 5 nitrogen and oxygen atoms in total. The molecule has 1 aromatic carbocycles. The molecular formula is C13H17FN2O3S. The van der Waals surface area contributed by atoms with Crippen molar-refractivity contribution in [2.75, 3.05) is 13.1 Å². The number of benzene rings is 1. The highest BCUT2D eigenvalue weighted by Gasteiger charge is 2.31. The summed E-state index contributed by atoms with van der Waals surface area (Å²) in [6, 6.07) is 5.02. The fraction of sp³-hybridized carbons (Fsp3) is 0.462. The third kappa shape index (κ3) is 3.54. The molecule has 0 unspecified atom stereocenters. The molecule has 1 aromatic rings. The van der Waals surface area contributed by atoms with Crippen molar-refractivity contribution in [3.63, 3.8) is 0 Å². The molecule has 110 valence electrons. The van der Waals surface area contributed by atoms with E-state index in [-0.39, 0.29) is 18.0 Å². The molecule has 7 heteroatoms. The second-order valence-electron chi connectivity index (χ2n) is 4.97. The van der Waals surface area contributed by atoms with Crippen LogP contribution in [0.2, 0.25) is 0 Å². The summed E-state index contributed by atoms with van der Waals surface area (Å²) in [6.07, 6.45) is 0. The van der Waals surface area contributed by atoms with Gasteiger partial charge in [0.15, 0.2) is 0 Å². The highest BCUT2D eigenvalue weighted by atomic mass is 32.2. The standard InChI is InChI=1S/C13H17FN2O3S/c1-4-16(9-13(2,3)17)20(18,19)12-7-5-6-11(14)10(12)8-15/h5-7,17H,4,9H2,1-3H3. The molecule has 0 aliphatic rings.